The van der Waals surface area contributed by atoms with Crippen LogP contribution in [-0.4, -0.2) is 26.8 Å². The molecular weight excluding hydrogens is 132 g/mol. The van der Waals surface area contributed by atoms with Crippen LogP contribution < -0.4 is 0 Å². The van der Waals surface area contributed by atoms with Crippen LogP contribution in [0.2, 0.25) is 0 Å². The molecule has 0 aliphatic carbocycles. The van der Waals surface area contributed by atoms with E-state index in [0.29, 0.717) is 6.61 Å². The normalized spacial score (nSPS) is 12.7. The van der Waals surface area contributed by atoms with E-state index < -0.39 is 0 Å². The molecule has 0 aliphatic heterocycles. The molecule has 0 amide bonds. The average Bonchev–Trinajstić information content (AvgIpc) is 1.98. The number of ether oxygens (including phenoxy) is 2. The van der Waals surface area contributed by atoms with Gasteiger partial charge < -0.3 is 9.47 Å². The molecule has 0 spiro atoms. The number of hydrogen-bond donors (Lipinski definition) is 0. The molecule has 1 atom stereocenters. The highest BCUT2D eigenvalue weighted by atomic mass is 16.5. The summed E-state index contributed by atoms with van der Waals surface area (Å²) in [5, 5.41) is 0. The van der Waals surface area contributed by atoms with Crippen LogP contribution >= 0.6 is 0 Å². The van der Waals surface area contributed by atoms with Crippen molar-refractivity contribution in [1.82, 2.24) is 0 Å². The number of carbonyl (C=O) groups is 1. The standard InChI is InChI=1S/C7H14O3/c1-6(4-5-9-2)7(8)10-3/h6H,4-5H2,1-3H3. The van der Waals surface area contributed by atoms with Gasteiger partial charge in [-0.1, -0.05) is 6.92 Å². The Bertz CT molecular complexity index is 101. The van der Waals surface area contributed by atoms with Crippen LogP contribution in [0.3, 0.4) is 0 Å². The van der Waals surface area contributed by atoms with Crippen molar-refractivity contribution < 1.29 is 14.3 Å². The van der Waals surface area contributed by atoms with E-state index in [1.807, 2.05) is 6.92 Å². The molecule has 0 saturated carbocycles. The number of carbonyl (C=O) groups excluding carboxylic acids is 1. The largest absolute Gasteiger partial charge is 0.469 e. The van der Waals surface area contributed by atoms with Gasteiger partial charge in [0.1, 0.15) is 0 Å². The first-order valence-electron chi connectivity index (χ1n) is 3.29. The molecule has 0 aromatic carbocycles. The van der Waals surface area contributed by atoms with Gasteiger partial charge in [0.25, 0.3) is 0 Å². The summed E-state index contributed by atoms with van der Waals surface area (Å²) in [6.07, 6.45) is 0.725. The van der Waals surface area contributed by atoms with E-state index in [4.69, 9.17) is 4.74 Å². The third-order valence-electron chi connectivity index (χ3n) is 1.36. The topological polar surface area (TPSA) is 35.5 Å². The molecule has 0 rings (SSSR count). The van der Waals surface area contributed by atoms with E-state index in [1.54, 1.807) is 7.11 Å². The van der Waals surface area contributed by atoms with Crippen molar-refractivity contribution in [2.45, 2.75) is 13.3 Å². The predicted molar refractivity (Wildman–Crippen MR) is 37.7 cm³/mol. The first kappa shape index (κ1) is 9.43. The summed E-state index contributed by atoms with van der Waals surface area (Å²) in [5.74, 6) is -0.220. The fraction of sp³-hybridized carbons (Fsp3) is 0.857. The molecule has 0 N–H and O–H groups in total. The molecule has 0 bridgehead atoms. The van der Waals surface area contributed by atoms with Crippen LogP contribution in [0.5, 0.6) is 0 Å². The zero-order valence-electron chi connectivity index (χ0n) is 6.72. The van der Waals surface area contributed by atoms with Crippen LogP contribution in [0.1, 0.15) is 13.3 Å². The van der Waals surface area contributed by atoms with Crippen LogP contribution in [0, 0.1) is 5.92 Å². The fourth-order valence-corrected chi connectivity index (χ4v) is 0.614. The zero-order valence-corrected chi connectivity index (χ0v) is 6.72. The van der Waals surface area contributed by atoms with Crippen molar-refractivity contribution in [3.8, 4) is 0 Å². The maximum absolute atomic E-state index is 10.7. The molecule has 0 radical (unpaired) electrons. The molecule has 0 aromatic heterocycles. The van der Waals surface area contributed by atoms with Crippen molar-refractivity contribution in [3.05, 3.63) is 0 Å². The minimum Gasteiger partial charge on any atom is -0.469 e. The Morgan fingerprint density at radius 2 is 2.10 bits per heavy atom. The monoisotopic (exact) mass is 146 g/mol. The second-order valence-corrected chi connectivity index (χ2v) is 2.21. The highest BCUT2D eigenvalue weighted by Crippen LogP contribution is 2.02. The Labute approximate surface area is 61.3 Å². The second kappa shape index (κ2) is 5.23. The van der Waals surface area contributed by atoms with Gasteiger partial charge in [0, 0.05) is 13.7 Å². The van der Waals surface area contributed by atoms with Crippen LogP contribution in [0.25, 0.3) is 0 Å². The lowest BCUT2D eigenvalue weighted by atomic mass is 10.1. The van der Waals surface area contributed by atoms with Gasteiger partial charge >= 0.3 is 5.97 Å². The van der Waals surface area contributed by atoms with E-state index >= 15 is 0 Å². The van der Waals surface area contributed by atoms with Crippen molar-refractivity contribution >= 4 is 5.97 Å². The van der Waals surface area contributed by atoms with Gasteiger partial charge in [-0.15, -0.1) is 0 Å². The Hall–Kier alpha value is -0.570. The van der Waals surface area contributed by atoms with Crippen LogP contribution in [0.15, 0.2) is 0 Å². The van der Waals surface area contributed by atoms with Gasteiger partial charge in [-0.2, -0.15) is 0 Å². The molecule has 3 nitrogen and oxygen atoms in total. The molecule has 1 unspecified atom stereocenters. The predicted octanol–water partition coefficient (Wildman–Crippen LogP) is 0.832. The van der Waals surface area contributed by atoms with E-state index in [0.717, 1.165) is 6.42 Å². The van der Waals surface area contributed by atoms with Crippen LogP contribution in [0.4, 0.5) is 0 Å². The molecule has 0 saturated heterocycles. The average molecular weight is 146 g/mol. The van der Waals surface area contributed by atoms with E-state index in [2.05, 4.69) is 4.74 Å². The molecular formula is C7H14O3. The van der Waals surface area contributed by atoms with Crippen LogP contribution in [-0.2, 0) is 14.3 Å². The lowest BCUT2D eigenvalue weighted by Gasteiger charge is -2.06. The Balaban J connectivity index is 3.41. The first-order valence-corrected chi connectivity index (χ1v) is 3.29. The van der Waals surface area contributed by atoms with E-state index in [-0.39, 0.29) is 11.9 Å². The quantitative estimate of drug-likeness (QED) is 0.551. The molecule has 10 heavy (non-hydrogen) atoms. The van der Waals surface area contributed by atoms with Crippen molar-refractivity contribution in [1.29, 1.82) is 0 Å². The minimum absolute atomic E-state index is 0.0510. The molecule has 60 valence electrons. The third-order valence-corrected chi connectivity index (χ3v) is 1.36. The highest BCUT2D eigenvalue weighted by Gasteiger charge is 2.11. The van der Waals surface area contributed by atoms with Crippen molar-refractivity contribution in [3.63, 3.8) is 0 Å². The van der Waals surface area contributed by atoms with Gasteiger partial charge in [0.15, 0.2) is 0 Å². The minimum atomic E-state index is -0.169. The van der Waals surface area contributed by atoms with E-state index in [9.17, 15) is 4.79 Å². The number of esters is 1. The summed E-state index contributed by atoms with van der Waals surface area (Å²) in [4.78, 5) is 10.7. The van der Waals surface area contributed by atoms with E-state index in [1.165, 1.54) is 7.11 Å². The molecule has 3 heteroatoms. The maximum Gasteiger partial charge on any atom is 0.308 e. The molecule has 0 heterocycles. The third kappa shape index (κ3) is 3.45. The highest BCUT2D eigenvalue weighted by molar-refractivity contribution is 5.71. The smallest absolute Gasteiger partial charge is 0.308 e. The number of methoxy groups -OCH3 is 2. The van der Waals surface area contributed by atoms with Gasteiger partial charge in [-0.05, 0) is 6.42 Å². The fourth-order valence-electron chi connectivity index (χ4n) is 0.614. The maximum atomic E-state index is 10.7. The lowest BCUT2D eigenvalue weighted by Crippen LogP contribution is -2.14. The van der Waals surface area contributed by atoms with Gasteiger partial charge in [0.05, 0.1) is 13.0 Å². The summed E-state index contributed by atoms with van der Waals surface area (Å²) in [5.41, 5.74) is 0. The van der Waals surface area contributed by atoms with Gasteiger partial charge in [-0.25, -0.2) is 0 Å². The molecule has 0 fully saturated rings. The SMILES string of the molecule is COCCC(C)C(=O)OC. The first-order chi connectivity index (χ1) is 4.72. The molecule has 0 aliphatic rings. The second-order valence-electron chi connectivity index (χ2n) is 2.21. The van der Waals surface area contributed by atoms with Gasteiger partial charge in [0.2, 0.25) is 0 Å². The van der Waals surface area contributed by atoms with Crippen molar-refractivity contribution in [2.75, 3.05) is 20.8 Å². The zero-order chi connectivity index (χ0) is 7.98. The van der Waals surface area contributed by atoms with Gasteiger partial charge in [-0.3, -0.25) is 4.79 Å². The summed E-state index contributed by atoms with van der Waals surface area (Å²) in [6.45, 7) is 2.43. The lowest BCUT2D eigenvalue weighted by molar-refractivity contribution is -0.145. The summed E-state index contributed by atoms with van der Waals surface area (Å²) in [6, 6.07) is 0. The summed E-state index contributed by atoms with van der Waals surface area (Å²) in [7, 11) is 3.01. The summed E-state index contributed by atoms with van der Waals surface area (Å²) < 4.78 is 9.31. The summed E-state index contributed by atoms with van der Waals surface area (Å²) >= 11 is 0. The Morgan fingerprint density at radius 1 is 1.50 bits per heavy atom. The number of rotatable bonds is 4. The Kier molecular flexibility index (Phi) is 4.94. The number of hydrogen-bond acceptors (Lipinski definition) is 3. The molecule has 0 aromatic rings. The Morgan fingerprint density at radius 3 is 2.50 bits per heavy atom. The van der Waals surface area contributed by atoms with Crippen molar-refractivity contribution in [2.24, 2.45) is 5.92 Å².